The lowest BCUT2D eigenvalue weighted by Crippen LogP contribution is -1.98. The first-order valence-corrected chi connectivity index (χ1v) is 5.64. The summed E-state index contributed by atoms with van der Waals surface area (Å²) in [6, 6.07) is 8.53. The molecule has 0 saturated carbocycles. The van der Waals surface area contributed by atoms with E-state index < -0.39 is 11.6 Å². The average molecular weight is 308 g/mol. The van der Waals surface area contributed by atoms with Crippen LogP contribution in [0.25, 0.3) is 4.85 Å². The van der Waals surface area contributed by atoms with Crippen molar-refractivity contribution in [2.75, 3.05) is 11.5 Å². The highest BCUT2D eigenvalue weighted by Gasteiger charge is 1.97. The molecule has 0 unspecified atom stereocenters. The molecule has 0 saturated heterocycles. The number of nitrogen functional groups attached to an aromatic ring is 2. The maximum absolute atomic E-state index is 12.6. The Hall–Kier alpha value is -2.65. The number of nitrogens with two attached hydrogens (primary N) is 3. The molecular formula is C16H22F2N4. The average Bonchev–Trinajstić information content (AvgIpc) is 2.45. The molecular weight excluding hydrogens is 286 g/mol. The van der Waals surface area contributed by atoms with Crippen LogP contribution in [0.3, 0.4) is 0 Å². The van der Waals surface area contributed by atoms with Gasteiger partial charge in [0, 0.05) is 6.54 Å². The maximum atomic E-state index is 12.6. The molecule has 0 heterocycles. The first-order valence-electron chi connectivity index (χ1n) is 5.64. The zero-order chi connectivity index (χ0) is 15.1. The largest absolute Gasteiger partial charge is 0.396 e. The van der Waals surface area contributed by atoms with Crippen LogP contribution >= 0.6 is 0 Å². The topological polar surface area (TPSA) is 82.4 Å². The molecule has 6 N–H and O–H groups in total. The summed E-state index contributed by atoms with van der Waals surface area (Å²) in [5, 5.41) is 0. The molecule has 0 atom stereocenters. The number of halogens is 2. The number of rotatable bonds is 1. The number of hydrogen-bond donors (Lipinski definition) is 3. The molecule has 0 amide bonds. The minimum Gasteiger partial charge on any atom is -0.396 e. The van der Waals surface area contributed by atoms with Gasteiger partial charge in [0.05, 0.1) is 17.9 Å². The summed E-state index contributed by atoms with van der Waals surface area (Å²) in [4.78, 5) is 3.03. The second kappa shape index (κ2) is 10.1. The fraction of sp³-hybridized carbons (Fsp3) is 0.188. The Bertz CT molecular complexity index is 637. The minimum absolute atomic E-state index is 0. The third-order valence-corrected chi connectivity index (χ3v) is 2.41. The molecule has 0 aliphatic heterocycles. The van der Waals surface area contributed by atoms with Gasteiger partial charge in [-0.3, -0.25) is 0 Å². The van der Waals surface area contributed by atoms with Gasteiger partial charge in [-0.2, -0.15) is 0 Å². The second-order valence-corrected chi connectivity index (χ2v) is 3.88. The Morgan fingerprint density at radius 3 is 1.82 bits per heavy atom. The van der Waals surface area contributed by atoms with Gasteiger partial charge in [-0.15, -0.1) is 0 Å². The highest BCUT2D eigenvalue weighted by Crippen LogP contribution is 2.17. The SMILES string of the molecule is C.C.NCc1ccc(N)c(F)c1.[C-]#[N+]c1ccc(N)c(F)c1. The van der Waals surface area contributed by atoms with Crippen LogP contribution in [0.1, 0.15) is 20.4 Å². The molecule has 22 heavy (non-hydrogen) atoms. The maximum Gasteiger partial charge on any atom is 0.190 e. The van der Waals surface area contributed by atoms with E-state index in [1.54, 1.807) is 6.07 Å². The van der Waals surface area contributed by atoms with Crippen molar-refractivity contribution in [3.8, 4) is 0 Å². The molecule has 6 heteroatoms. The third-order valence-electron chi connectivity index (χ3n) is 2.41. The monoisotopic (exact) mass is 308 g/mol. The van der Waals surface area contributed by atoms with E-state index in [1.165, 1.54) is 24.3 Å². The van der Waals surface area contributed by atoms with Crippen LogP contribution in [-0.2, 0) is 6.54 Å². The lowest BCUT2D eigenvalue weighted by atomic mass is 10.2. The fourth-order valence-corrected chi connectivity index (χ4v) is 1.28. The highest BCUT2D eigenvalue weighted by atomic mass is 19.1. The lowest BCUT2D eigenvalue weighted by molar-refractivity contribution is 0.630. The summed E-state index contributed by atoms with van der Waals surface area (Å²) in [5.41, 5.74) is 16.9. The molecule has 2 aromatic rings. The van der Waals surface area contributed by atoms with Gasteiger partial charge in [0.2, 0.25) is 0 Å². The van der Waals surface area contributed by atoms with Crippen LogP contribution in [-0.4, -0.2) is 0 Å². The molecule has 0 bridgehead atoms. The highest BCUT2D eigenvalue weighted by molar-refractivity contribution is 5.52. The number of anilines is 2. The number of benzene rings is 2. The number of nitrogens with zero attached hydrogens (tertiary/aromatic N) is 1. The Kier molecular flexibility index (Phi) is 9.97. The van der Waals surface area contributed by atoms with E-state index in [-0.39, 0.29) is 31.9 Å². The smallest absolute Gasteiger partial charge is 0.190 e. The predicted molar refractivity (Wildman–Crippen MR) is 89.2 cm³/mol. The van der Waals surface area contributed by atoms with Crippen molar-refractivity contribution in [2.45, 2.75) is 21.4 Å². The molecule has 0 radical (unpaired) electrons. The Balaban J connectivity index is 0. The summed E-state index contributed by atoms with van der Waals surface area (Å²) < 4.78 is 25.1. The molecule has 2 rings (SSSR count). The molecule has 2 aromatic carbocycles. The van der Waals surface area contributed by atoms with Gasteiger partial charge in [0.15, 0.2) is 5.69 Å². The normalized spacial score (nSPS) is 8.45. The van der Waals surface area contributed by atoms with Crippen molar-refractivity contribution in [3.63, 3.8) is 0 Å². The third kappa shape index (κ3) is 6.20. The first kappa shape index (κ1) is 21.6. The van der Waals surface area contributed by atoms with E-state index in [4.69, 9.17) is 23.8 Å². The van der Waals surface area contributed by atoms with Crippen molar-refractivity contribution in [1.29, 1.82) is 0 Å². The quantitative estimate of drug-likeness (QED) is 0.548. The molecule has 0 aliphatic rings. The van der Waals surface area contributed by atoms with Crippen molar-refractivity contribution in [3.05, 3.63) is 65.0 Å². The minimum atomic E-state index is -0.534. The fourth-order valence-electron chi connectivity index (χ4n) is 1.28. The first-order chi connectivity index (χ1) is 9.47. The van der Waals surface area contributed by atoms with Gasteiger partial charge in [0.25, 0.3) is 0 Å². The Labute approximate surface area is 130 Å². The summed E-state index contributed by atoms with van der Waals surface area (Å²) in [5.74, 6) is -0.934. The number of hydrogen-bond acceptors (Lipinski definition) is 3. The molecule has 120 valence electrons. The molecule has 0 aromatic heterocycles. The van der Waals surface area contributed by atoms with E-state index in [0.29, 0.717) is 6.54 Å². The predicted octanol–water partition coefficient (Wildman–Crippen LogP) is 4.10. The van der Waals surface area contributed by atoms with Gasteiger partial charge in [0.1, 0.15) is 11.6 Å². The molecule has 0 fully saturated rings. The zero-order valence-corrected chi connectivity index (χ0v) is 10.6. The van der Waals surface area contributed by atoms with Crippen molar-refractivity contribution in [1.82, 2.24) is 0 Å². The summed E-state index contributed by atoms with van der Waals surface area (Å²) >= 11 is 0. The van der Waals surface area contributed by atoms with E-state index in [2.05, 4.69) is 4.85 Å². The van der Waals surface area contributed by atoms with Crippen molar-refractivity contribution in [2.24, 2.45) is 5.73 Å². The summed E-state index contributed by atoms with van der Waals surface area (Å²) in [6.45, 7) is 6.87. The van der Waals surface area contributed by atoms with Crippen LogP contribution in [0.4, 0.5) is 25.8 Å². The Morgan fingerprint density at radius 2 is 1.41 bits per heavy atom. The van der Waals surface area contributed by atoms with E-state index in [9.17, 15) is 8.78 Å². The molecule has 4 nitrogen and oxygen atoms in total. The zero-order valence-electron chi connectivity index (χ0n) is 10.6. The molecule has 0 spiro atoms. The van der Waals surface area contributed by atoms with Gasteiger partial charge in [-0.1, -0.05) is 27.0 Å². The van der Waals surface area contributed by atoms with E-state index in [1.807, 2.05) is 0 Å². The van der Waals surface area contributed by atoms with E-state index >= 15 is 0 Å². The van der Waals surface area contributed by atoms with Gasteiger partial charge in [-0.25, -0.2) is 13.6 Å². The summed E-state index contributed by atoms with van der Waals surface area (Å²) in [6.07, 6.45) is 0. The van der Waals surface area contributed by atoms with Crippen LogP contribution in [0.2, 0.25) is 0 Å². The van der Waals surface area contributed by atoms with Crippen LogP contribution in [0.5, 0.6) is 0 Å². The van der Waals surface area contributed by atoms with Crippen molar-refractivity contribution < 1.29 is 8.78 Å². The second-order valence-electron chi connectivity index (χ2n) is 3.88. The Morgan fingerprint density at radius 1 is 0.909 bits per heavy atom. The van der Waals surface area contributed by atoms with Crippen LogP contribution in [0.15, 0.2) is 36.4 Å². The lowest BCUT2D eigenvalue weighted by Gasteiger charge is -1.98. The summed E-state index contributed by atoms with van der Waals surface area (Å²) in [7, 11) is 0. The van der Waals surface area contributed by atoms with Gasteiger partial charge >= 0.3 is 0 Å². The van der Waals surface area contributed by atoms with Crippen molar-refractivity contribution >= 4 is 17.1 Å². The van der Waals surface area contributed by atoms with Gasteiger partial charge < -0.3 is 17.2 Å². The van der Waals surface area contributed by atoms with Crippen LogP contribution in [0, 0.1) is 18.2 Å². The van der Waals surface area contributed by atoms with Gasteiger partial charge in [-0.05, 0) is 29.8 Å². The molecule has 0 aliphatic carbocycles. The van der Waals surface area contributed by atoms with Crippen LogP contribution < -0.4 is 17.2 Å². The van der Waals surface area contributed by atoms with E-state index in [0.717, 1.165) is 11.6 Å². The standard InChI is InChI=1S/C7H5FN2.C7H9FN2.2CH4/c1-10-5-2-3-7(9)6(8)4-5;8-6-3-5(4-9)1-2-7(6)10;;/h2-4H,9H2;1-3H,4,9-10H2;2*1H4.